The molecule has 0 unspecified atom stereocenters. The third kappa shape index (κ3) is 2.65. The number of benzene rings is 2. The molecule has 0 saturated carbocycles. The fourth-order valence-electron chi connectivity index (χ4n) is 3.51. The number of aromatic nitrogens is 1. The SMILES string of the molecule is CCC(C)(CC)CCCn1c2ccccc2c2ccccc21. The van der Waals surface area contributed by atoms with E-state index in [-0.39, 0.29) is 0 Å². The first-order valence-electron chi connectivity index (χ1n) is 8.64. The summed E-state index contributed by atoms with van der Waals surface area (Å²) in [5, 5.41) is 2.76. The summed E-state index contributed by atoms with van der Waals surface area (Å²) < 4.78 is 2.51. The number of rotatable bonds is 6. The molecule has 0 N–H and O–H groups in total. The number of aryl methyl sites for hydroxylation is 1. The number of para-hydroxylation sites is 2. The standard InChI is InChI=1S/C21H27N/c1-4-21(3,5-2)15-10-16-22-19-13-8-6-11-17(19)18-12-7-9-14-20(18)22/h6-9,11-14H,4-5,10,15-16H2,1-3H3. The van der Waals surface area contributed by atoms with Crippen molar-refractivity contribution in [2.45, 2.75) is 53.0 Å². The molecule has 0 aliphatic carbocycles. The van der Waals surface area contributed by atoms with E-state index in [1.54, 1.807) is 0 Å². The molecule has 0 amide bonds. The van der Waals surface area contributed by atoms with Gasteiger partial charge in [-0.2, -0.15) is 0 Å². The molecular formula is C21H27N. The van der Waals surface area contributed by atoms with E-state index in [2.05, 4.69) is 73.9 Å². The van der Waals surface area contributed by atoms with Crippen molar-refractivity contribution in [3.63, 3.8) is 0 Å². The van der Waals surface area contributed by atoms with Crippen molar-refractivity contribution in [3.8, 4) is 0 Å². The second-order valence-corrected chi connectivity index (χ2v) is 6.81. The summed E-state index contributed by atoms with van der Waals surface area (Å²) in [5.74, 6) is 0. The highest BCUT2D eigenvalue weighted by molar-refractivity contribution is 6.07. The van der Waals surface area contributed by atoms with E-state index >= 15 is 0 Å². The Morgan fingerprint density at radius 1 is 0.818 bits per heavy atom. The molecule has 0 aliphatic heterocycles. The zero-order valence-electron chi connectivity index (χ0n) is 14.1. The fourth-order valence-corrected chi connectivity index (χ4v) is 3.51. The molecule has 0 radical (unpaired) electrons. The zero-order chi connectivity index (χ0) is 15.6. The highest BCUT2D eigenvalue weighted by Gasteiger charge is 2.19. The van der Waals surface area contributed by atoms with Crippen LogP contribution in [0.15, 0.2) is 48.5 Å². The van der Waals surface area contributed by atoms with Gasteiger partial charge in [0.15, 0.2) is 0 Å². The van der Waals surface area contributed by atoms with Crippen molar-refractivity contribution in [1.29, 1.82) is 0 Å². The molecule has 0 spiro atoms. The molecule has 3 rings (SSSR count). The Kier molecular flexibility index (Phi) is 4.24. The van der Waals surface area contributed by atoms with Crippen molar-refractivity contribution in [3.05, 3.63) is 48.5 Å². The molecule has 1 nitrogen and oxygen atoms in total. The van der Waals surface area contributed by atoms with Gasteiger partial charge in [-0.1, -0.05) is 70.0 Å². The van der Waals surface area contributed by atoms with E-state index in [9.17, 15) is 0 Å². The van der Waals surface area contributed by atoms with E-state index in [1.165, 1.54) is 47.5 Å². The van der Waals surface area contributed by atoms with Gasteiger partial charge >= 0.3 is 0 Å². The van der Waals surface area contributed by atoms with Crippen molar-refractivity contribution in [1.82, 2.24) is 4.57 Å². The Bertz CT molecular complexity index is 709. The van der Waals surface area contributed by atoms with Crippen LogP contribution in [0.5, 0.6) is 0 Å². The highest BCUT2D eigenvalue weighted by Crippen LogP contribution is 2.33. The minimum absolute atomic E-state index is 0.499. The second-order valence-electron chi connectivity index (χ2n) is 6.81. The topological polar surface area (TPSA) is 4.93 Å². The van der Waals surface area contributed by atoms with Crippen LogP contribution in [-0.2, 0) is 6.54 Å². The predicted octanol–water partition coefficient (Wildman–Crippen LogP) is 6.40. The third-order valence-electron chi connectivity index (χ3n) is 5.55. The van der Waals surface area contributed by atoms with E-state index in [0.717, 1.165) is 6.54 Å². The van der Waals surface area contributed by atoms with Gasteiger partial charge in [0.25, 0.3) is 0 Å². The summed E-state index contributed by atoms with van der Waals surface area (Å²) >= 11 is 0. The number of nitrogens with zero attached hydrogens (tertiary/aromatic N) is 1. The van der Waals surface area contributed by atoms with Crippen molar-refractivity contribution in [2.75, 3.05) is 0 Å². The fraction of sp³-hybridized carbons (Fsp3) is 0.429. The number of hydrogen-bond acceptors (Lipinski definition) is 0. The third-order valence-corrected chi connectivity index (χ3v) is 5.55. The quantitative estimate of drug-likeness (QED) is 0.495. The molecule has 0 bridgehead atoms. The summed E-state index contributed by atoms with van der Waals surface area (Å²) in [5.41, 5.74) is 3.25. The van der Waals surface area contributed by atoms with Crippen LogP contribution >= 0.6 is 0 Å². The van der Waals surface area contributed by atoms with E-state index in [0.29, 0.717) is 5.41 Å². The van der Waals surface area contributed by atoms with Gasteiger partial charge in [0.05, 0.1) is 0 Å². The lowest BCUT2D eigenvalue weighted by atomic mass is 9.80. The minimum atomic E-state index is 0.499. The normalized spacial score (nSPS) is 12.3. The van der Waals surface area contributed by atoms with Crippen LogP contribution in [0.25, 0.3) is 21.8 Å². The molecule has 2 aromatic carbocycles. The first-order chi connectivity index (χ1) is 10.7. The summed E-state index contributed by atoms with van der Waals surface area (Å²) in [7, 11) is 0. The van der Waals surface area contributed by atoms with Crippen LogP contribution < -0.4 is 0 Å². The van der Waals surface area contributed by atoms with Crippen molar-refractivity contribution >= 4 is 21.8 Å². The second kappa shape index (κ2) is 6.16. The molecular weight excluding hydrogens is 266 g/mol. The summed E-state index contributed by atoms with van der Waals surface area (Å²) in [4.78, 5) is 0. The van der Waals surface area contributed by atoms with Crippen LogP contribution in [-0.4, -0.2) is 4.57 Å². The Labute approximate surface area is 133 Å². The summed E-state index contributed by atoms with van der Waals surface area (Å²) in [6.07, 6.45) is 5.11. The van der Waals surface area contributed by atoms with E-state index in [4.69, 9.17) is 0 Å². The smallest absolute Gasteiger partial charge is 0.0491 e. The Balaban J connectivity index is 1.92. The maximum Gasteiger partial charge on any atom is 0.0491 e. The van der Waals surface area contributed by atoms with Crippen LogP contribution in [0, 0.1) is 5.41 Å². The van der Waals surface area contributed by atoms with Crippen LogP contribution in [0.2, 0.25) is 0 Å². The Hall–Kier alpha value is -1.76. The molecule has 22 heavy (non-hydrogen) atoms. The molecule has 0 fully saturated rings. The number of hydrogen-bond donors (Lipinski definition) is 0. The van der Waals surface area contributed by atoms with Crippen molar-refractivity contribution < 1.29 is 0 Å². The molecule has 0 atom stereocenters. The molecule has 0 saturated heterocycles. The summed E-state index contributed by atoms with van der Waals surface area (Å²) in [6, 6.07) is 17.6. The molecule has 116 valence electrons. The van der Waals surface area contributed by atoms with Gasteiger partial charge in [-0.15, -0.1) is 0 Å². The monoisotopic (exact) mass is 293 g/mol. The molecule has 3 aromatic rings. The van der Waals surface area contributed by atoms with Crippen LogP contribution in [0.1, 0.15) is 46.5 Å². The average molecular weight is 293 g/mol. The first kappa shape index (κ1) is 15.1. The summed E-state index contributed by atoms with van der Waals surface area (Å²) in [6.45, 7) is 8.19. The molecule has 1 aromatic heterocycles. The van der Waals surface area contributed by atoms with Gasteiger partial charge < -0.3 is 4.57 Å². The first-order valence-corrected chi connectivity index (χ1v) is 8.64. The largest absolute Gasteiger partial charge is 0.340 e. The van der Waals surface area contributed by atoms with E-state index in [1.807, 2.05) is 0 Å². The van der Waals surface area contributed by atoms with Crippen molar-refractivity contribution in [2.24, 2.45) is 5.41 Å². The molecule has 0 aliphatic rings. The lowest BCUT2D eigenvalue weighted by Crippen LogP contribution is -2.14. The minimum Gasteiger partial charge on any atom is -0.340 e. The van der Waals surface area contributed by atoms with Gasteiger partial charge in [0, 0.05) is 28.4 Å². The van der Waals surface area contributed by atoms with E-state index < -0.39 is 0 Å². The van der Waals surface area contributed by atoms with Crippen LogP contribution in [0.4, 0.5) is 0 Å². The predicted molar refractivity (Wildman–Crippen MR) is 97.4 cm³/mol. The molecule has 1 heterocycles. The zero-order valence-corrected chi connectivity index (χ0v) is 14.1. The van der Waals surface area contributed by atoms with Gasteiger partial charge in [0.2, 0.25) is 0 Å². The highest BCUT2D eigenvalue weighted by atomic mass is 15.0. The average Bonchev–Trinajstić information content (AvgIpc) is 2.89. The maximum absolute atomic E-state index is 2.51. The maximum atomic E-state index is 2.51. The lowest BCUT2D eigenvalue weighted by molar-refractivity contribution is 0.261. The molecule has 1 heteroatoms. The van der Waals surface area contributed by atoms with Gasteiger partial charge in [0.1, 0.15) is 0 Å². The van der Waals surface area contributed by atoms with Gasteiger partial charge in [-0.3, -0.25) is 0 Å². The van der Waals surface area contributed by atoms with Gasteiger partial charge in [-0.25, -0.2) is 0 Å². The van der Waals surface area contributed by atoms with Gasteiger partial charge in [-0.05, 0) is 30.4 Å². The Morgan fingerprint density at radius 3 is 1.82 bits per heavy atom. The number of fused-ring (bicyclic) bond motifs is 3. The van der Waals surface area contributed by atoms with Crippen LogP contribution in [0.3, 0.4) is 0 Å². The lowest BCUT2D eigenvalue weighted by Gasteiger charge is -2.26. The Morgan fingerprint density at radius 2 is 1.32 bits per heavy atom.